The number of nitrogens with one attached hydrogen (secondary N) is 3. The van der Waals surface area contributed by atoms with Crippen LogP contribution in [0.1, 0.15) is 44.2 Å². The van der Waals surface area contributed by atoms with E-state index >= 15 is 0 Å². The maximum atomic E-state index is 12.6. The summed E-state index contributed by atoms with van der Waals surface area (Å²) in [5.74, 6) is 1.58. The highest BCUT2D eigenvalue weighted by Crippen LogP contribution is 2.43. The monoisotopic (exact) mass is 445 g/mol. The van der Waals surface area contributed by atoms with Gasteiger partial charge in [0.1, 0.15) is 6.04 Å². The lowest BCUT2D eigenvalue weighted by Crippen LogP contribution is -2.42. The van der Waals surface area contributed by atoms with Crippen molar-refractivity contribution in [2.24, 2.45) is 0 Å². The number of carbonyl (C=O) groups is 1. The van der Waals surface area contributed by atoms with E-state index in [4.69, 9.17) is 15.1 Å². The molecular weight excluding hydrogens is 418 g/mol. The Labute approximate surface area is 190 Å². The molecule has 3 aromatic heterocycles. The van der Waals surface area contributed by atoms with E-state index in [-0.39, 0.29) is 11.9 Å². The average molecular weight is 446 g/mol. The maximum absolute atomic E-state index is 12.6. The van der Waals surface area contributed by atoms with E-state index in [2.05, 4.69) is 47.0 Å². The molecule has 10 nitrogen and oxygen atoms in total. The molecule has 170 valence electrons. The number of hydrogen-bond donors (Lipinski definition) is 3. The molecule has 33 heavy (non-hydrogen) atoms. The Morgan fingerprint density at radius 3 is 2.85 bits per heavy atom. The number of amides is 1. The number of aromatic nitrogens is 6. The third-order valence-corrected chi connectivity index (χ3v) is 6.31. The van der Waals surface area contributed by atoms with Gasteiger partial charge in [0.05, 0.1) is 17.3 Å². The third kappa shape index (κ3) is 3.60. The lowest BCUT2D eigenvalue weighted by molar-refractivity contribution is -0.121. The van der Waals surface area contributed by atoms with Gasteiger partial charge in [0.25, 0.3) is 0 Å². The average Bonchev–Trinajstić information content (AvgIpc) is 3.40. The minimum atomic E-state index is -0.454. The molecule has 4 aromatic rings. The summed E-state index contributed by atoms with van der Waals surface area (Å²) in [5, 5.41) is 19.7. The van der Waals surface area contributed by atoms with Crippen molar-refractivity contribution in [3.8, 4) is 11.4 Å². The normalized spacial score (nSPS) is 19.2. The molecule has 3 N–H and O–H groups in total. The molecular formula is C23H27N9O. The van der Waals surface area contributed by atoms with Crippen LogP contribution >= 0.6 is 0 Å². The zero-order valence-electron chi connectivity index (χ0n) is 18.7. The van der Waals surface area contributed by atoms with Gasteiger partial charge in [-0.2, -0.15) is 9.61 Å². The van der Waals surface area contributed by atoms with Gasteiger partial charge in [0.15, 0.2) is 11.5 Å². The fourth-order valence-corrected chi connectivity index (χ4v) is 4.34. The van der Waals surface area contributed by atoms with E-state index in [0.717, 1.165) is 28.7 Å². The third-order valence-electron chi connectivity index (χ3n) is 6.31. The van der Waals surface area contributed by atoms with Crippen molar-refractivity contribution in [2.75, 3.05) is 25.0 Å². The van der Waals surface area contributed by atoms with Crippen LogP contribution in [0.25, 0.3) is 27.9 Å². The Morgan fingerprint density at radius 1 is 1.18 bits per heavy atom. The van der Waals surface area contributed by atoms with Crippen LogP contribution < -0.4 is 16.0 Å². The van der Waals surface area contributed by atoms with Crippen LogP contribution in [-0.4, -0.2) is 60.9 Å². The summed E-state index contributed by atoms with van der Waals surface area (Å²) in [6.07, 6.45) is 6.10. The highest BCUT2D eigenvalue weighted by molar-refractivity contribution is 5.95. The topological polar surface area (TPSA) is 114 Å². The molecule has 4 heterocycles. The van der Waals surface area contributed by atoms with E-state index in [1.165, 1.54) is 18.4 Å². The van der Waals surface area contributed by atoms with Gasteiger partial charge in [-0.15, -0.1) is 5.10 Å². The molecule has 1 aliphatic carbocycles. The van der Waals surface area contributed by atoms with Crippen molar-refractivity contribution < 1.29 is 4.79 Å². The zero-order valence-corrected chi connectivity index (χ0v) is 18.7. The first-order valence-corrected chi connectivity index (χ1v) is 11.6. The van der Waals surface area contributed by atoms with Gasteiger partial charge < -0.3 is 16.0 Å². The number of rotatable bonds is 5. The molecule has 1 atom stereocenters. The van der Waals surface area contributed by atoms with E-state index in [1.54, 1.807) is 10.7 Å². The lowest BCUT2D eigenvalue weighted by Gasteiger charge is -2.17. The fraction of sp³-hybridized carbons (Fsp3) is 0.435. The SMILES string of the molecule is CC(C)n1cc(-c2nc3c4cccc(C5CC5)c4nc(N[C@@H]4CNCCNC4=O)n3n2)cn1. The Hall–Kier alpha value is -3.53. The molecule has 1 amide bonds. The summed E-state index contributed by atoms with van der Waals surface area (Å²) < 4.78 is 3.61. The second kappa shape index (κ2) is 7.80. The fourth-order valence-electron chi connectivity index (χ4n) is 4.34. The standard InChI is InChI=1S/C23H27N9O/c1-13(2)31-12-15(10-26-31)20-29-21-17-5-3-4-16(14-6-7-14)19(17)28-23(32(21)30-20)27-18-11-24-8-9-25-22(18)33/h3-5,10,12-14,18,24H,6-9,11H2,1-2H3,(H,25,33)(H,27,28)/t18-/m1/s1. The maximum Gasteiger partial charge on any atom is 0.243 e. The molecule has 10 heteroatoms. The minimum Gasteiger partial charge on any atom is -0.353 e. The van der Waals surface area contributed by atoms with E-state index in [9.17, 15) is 4.79 Å². The number of nitrogens with zero attached hydrogens (tertiary/aromatic N) is 6. The van der Waals surface area contributed by atoms with E-state index in [0.29, 0.717) is 30.8 Å². The highest BCUT2D eigenvalue weighted by atomic mass is 16.2. The van der Waals surface area contributed by atoms with Crippen LogP contribution in [-0.2, 0) is 4.79 Å². The predicted molar refractivity (Wildman–Crippen MR) is 125 cm³/mol. The first-order valence-electron chi connectivity index (χ1n) is 11.6. The van der Waals surface area contributed by atoms with Crippen molar-refractivity contribution >= 4 is 28.4 Å². The molecule has 0 spiro atoms. The van der Waals surface area contributed by atoms with Crippen LogP contribution in [0.15, 0.2) is 30.6 Å². The Balaban J connectivity index is 1.52. The second-order valence-corrected chi connectivity index (χ2v) is 9.12. The quantitative estimate of drug-likeness (QED) is 0.431. The predicted octanol–water partition coefficient (Wildman–Crippen LogP) is 2.10. The number of benzene rings is 1. The second-order valence-electron chi connectivity index (χ2n) is 9.12. The molecule has 2 aliphatic rings. The Morgan fingerprint density at radius 2 is 2.06 bits per heavy atom. The summed E-state index contributed by atoms with van der Waals surface area (Å²) in [7, 11) is 0. The van der Waals surface area contributed by atoms with E-state index < -0.39 is 6.04 Å². The Kier molecular flexibility index (Phi) is 4.75. The molecule has 1 aliphatic heterocycles. The van der Waals surface area contributed by atoms with Gasteiger partial charge in [0.2, 0.25) is 11.9 Å². The van der Waals surface area contributed by atoms with Gasteiger partial charge in [-0.3, -0.25) is 9.48 Å². The molecule has 2 fully saturated rings. The van der Waals surface area contributed by atoms with Crippen LogP contribution in [0.4, 0.5) is 5.95 Å². The lowest BCUT2D eigenvalue weighted by atomic mass is 10.1. The van der Waals surface area contributed by atoms with Crippen molar-refractivity contribution in [3.05, 3.63) is 36.2 Å². The summed E-state index contributed by atoms with van der Waals surface area (Å²) >= 11 is 0. The highest BCUT2D eigenvalue weighted by Gasteiger charge is 2.28. The molecule has 0 bridgehead atoms. The van der Waals surface area contributed by atoms with Crippen LogP contribution in [0.2, 0.25) is 0 Å². The van der Waals surface area contributed by atoms with Crippen molar-refractivity contribution in [3.63, 3.8) is 0 Å². The van der Waals surface area contributed by atoms with Crippen LogP contribution in [0.5, 0.6) is 0 Å². The van der Waals surface area contributed by atoms with Crippen LogP contribution in [0, 0.1) is 0 Å². The van der Waals surface area contributed by atoms with Gasteiger partial charge in [0, 0.05) is 37.3 Å². The number of anilines is 1. The first kappa shape index (κ1) is 20.1. The van der Waals surface area contributed by atoms with E-state index in [1.807, 2.05) is 16.9 Å². The van der Waals surface area contributed by atoms with Crippen molar-refractivity contribution in [1.82, 2.24) is 40.0 Å². The number of para-hydroxylation sites is 1. The van der Waals surface area contributed by atoms with Gasteiger partial charge in [-0.05, 0) is 44.2 Å². The van der Waals surface area contributed by atoms with Gasteiger partial charge in [-0.25, -0.2) is 9.97 Å². The van der Waals surface area contributed by atoms with Gasteiger partial charge in [-0.1, -0.05) is 12.1 Å². The van der Waals surface area contributed by atoms with Crippen molar-refractivity contribution in [1.29, 1.82) is 0 Å². The smallest absolute Gasteiger partial charge is 0.243 e. The largest absolute Gasteiger partial charge is 0.353 e. The summed E-state index contributed by atoms with van der Waals surface area (Å²) in [6.45, 7) is 6.03. The summed E-state index contributed by atoms with van der Waals surface area (Å²) in [6, 6.07) is 6.06. The number of fused-ring (bicyclic) bond motifs is 3. The molecule has 1 saturated carbocycles. The summed E-state index contributed by atoms with van der Waals surface area (Å²) in [5.41, 5.74) is 3.73. The van der Waals surface area contributed by atoms with Gasteiger partial charge >= 0.3 is 0 Å². The molecule has 1 saturated heterocycles. The minimum absolute atomic E-state index is 0.0518. The first-order chi connectivity index (χ1) is 16.1. The molecule has 6 rings (SSSR count). The molecule has 1 aromatic carbocycles. The molecule has 0 radical (unpaired) electrons. The van der Waals surface area contributed by atoms with Crippen LogP contribution in [0.3, 0.4) is 0 Å². The summed E-state index contributed by atoms with van der Waals surface area (Å²) in [4.78, 5) is 22.5. The number of carbonyl (C=O) groups excluding carboxylic acids is 1. The number of hydrogen-bond acceptors (Lipinski definition) is 7. The zero-order chi connectivity index (χ0) is 22.5. The van der Waals surface area contributed by atoms with Crippen molar-refractivity contribution in [2.45, 2.75) is 44.7 Å². The Bertz CT molecular complexity index is 1350. The molecule has 0 unspecified atom stereocenters.